The summed E-state index contributed by atoms with van der Waals surface area (Å²) in [7, 11) is 0. The number of hydrogen-bond donors (Lipinski definition) is 1. The number of benzene rings is 1. The van der Waals surface area contributed by atoms with Crippen LogP contribution < -0.4 is 5.32 Å². The summed E-state index contributed by atoms with van der Waals surface area (Å²) in [5.74, 6) is -0.282. The van der Waals surface area contributed by atoms with Crippen molar-refractivity contribution in [1.29, 1.82) is 0 Å². The molecule has 0 saturated carbocycles. The minimum Gasteiger partial charge on any atom is -0.325 e. The highest BCUT2D eigenvalue weighted by atomic mass is 35.5. The molecule has 22 heavy (non-hydrogen) atoms. The number of carbonyl (C=O) groups excluding carboxylic acids is 1. The van der Waals surface area contributed by atoms with E-state index in [-0.39, 0.29) is 28.7 Å². The molecule has 1 aromatic heterocycles. The van der Waals surface area contributed by atoms with E-state index in [1.165, 1.54) is 18.2 Å². The number of nitrogens with zero attached hydrogens (tertiary/aromatic N) is 3. The third kappa shape index (κ3) is 3.82. The Bertz CT molecular complexity index is 727. The first-order valence-corrected chi connectivity index (χ1v) is 6.99. The van der Waals surface area contributed by atoms with Crippen molar-refractivity contribution < 1.29 is 9.72 Å². The number of nitrogens with one attached hydrogen (secondary N) is 1. The minimum atomic E-state index is -0.540. The molecular weight excluding hydrogens is 308 g/mol. The predicted molar refractivity (Wildman–Crippen MR) is 83.1 cm³/mol. The molecule has 0 fully saturated rings. The average molecular weight is 323 g/mol. The lowest BCUT2D eigenvalue weighted by atomic mass is 10.2. The van der Waals surface area contributed by atoms with Crippen LogP contribution in [0.15, 0.2) is 24.3 Å². The van der Waals surface area contributed by atoms with Gasteiger partial charge >= 0.3 is 0 Å². The quantitative estimate of drug-likeness (QED) is 0.676. The van der Waals surface area contributed by atoms with Crippen LogP contribution in [0.1, 0.15) is 17.8 Å². The number of nitro benzene ring substituents is 1. The molecule has 0 spiro atoms. The molecule has 8 heteroatoms. The third-order valence-corrected chi connectivity index (χ3v) is 3.42. The van der Waals surface area contributed by atoms with Crippen LogP contribution in [0.5, 0.6) is 0 Å². The van der Waals surface area contributed by atoms with E-state index in [9.17, 15) is 14.9 Å². The Balaban J connectivity index is 2.01. The van der Waals surface area contributed by atoms with Crippen molar-refractivity contribution in [2.45, 2.75) is 26.8 Å². The number of nitro groups is 1. The zero-order chi connectivity index (χ0) is 16.3. The highest BCUT2D eigenvalue weighted by molar-refractivity contribution is 6.33. The number of anilines is 1. The monoisotopic (exact) mass is 322 g/mol. The summed E-state index contributed by atoms with van der Waals surface area (Å²) >= 11 is 5.94. The molecule has 0 radical (unpaired) electrons. The van der Waals surface area contributed by atoms with Gasteiger partial charge in [0.25, 0.3) is 5.69 Å². The van der Waals surface area contributed by atoms with Crippen molar-refractivity contribution >= 4 is 28.9 Å². The molecule has 0 atom stereocenters. The van der Waals surface area contributed by atoms with E-state index in [4.69, 9.17) is 11.6 Å². The predicted octanol–water partition coefficient (Wildman–Crippen LogP) is 3.09. The third-order valence-electron chi connectivity index (χ3n) is 3.09. The van der Waals surface area contributed by atoms with E-state index in [0.717, 1.165) is 11.4 Å². The average Bonchev–Trinajstić information content (AvgIpc) is 2.77. The Hall–Kier alpha value is -2.41. The van der Waals surface area contributed by atoms with Gasteiger partial charge in [-0.3, -0.25) is 19.6 Å². The normalized spacial score (nSPS) is 10.5. The molecule has 0 aliphatic carbocycles. The first-order chi connectivity index (χ1) is 10.4. The molecule has 1 heterocycles. The lowest BCUT2D eigenvalue weighted by Crippen LogP contribution is -2.16. The molecule has 2 rings (SSSR count). The van der Waals surface area contributed by atoms with Crippen molar-refractivity contribution in [3.63, 3.8) is 0 Å². The van der Waals surface area contributed by atoms with Crippen molar-refractivity contribution in [1.82, 2.24) is 9.78 Å². The number of aryl methyl sites for hydroxylation is 3. The van der Waals surface area contributed by atoms with Crippen LogP contribution in [0.3, 0.4) is 0 Å². The molecule has 1 amide bonds. The highest BCUT2D eigenvalue weighted by Crippen LogP contribution is 2.26. The van der Waals surface area contributed by atoms with Gasteiger partial charge in [-0.05, 0) is 26.0 Å². The summed E-state index contributed by atoms with van der Waals surface area (Å²) in [6.07, 6.45) is 0.195. The lowest BCUT2D eigenvalue weighted by Gasteiger charge is -2.08. The van der Waals surface area contributed by atoms with Crippen LogP contribution in [0.25, 0.3) is 0 Å². The second kappa shape index (κ2) is 6.57. The van der Waals surface area contributed by atoms with Gasteiger partial charge in [-0.1, -0.05) is 11.6 Å². The number of hydrogen-bond acceptors (Lipinski definition) is 4. The van der Waals surface area contributed by atoms with Crippen molar-refractivity contribution in [3.8, 4) is 0 Å². The smallest absolute Gasteiger partial charge is 0.271 e. The number of amides is 1. The first-order valence-electron chi connectivity index (χ1n) is 6.61. The maximum Gasteiger partial charge on any atom is 0.271 e. The van der Waals surface area contributed by atoms with Gasteiger partial charge in [-0.25, -0.2) is 0 Å². The summed E-state index contributed by atoms with van der Waals surface area (Å²) < 4.78 is 1.74. The largest absolute Gasteiger partial charge is 0.325 e. The number of aromatic nitrogens is 2. The fraction of sp³-hybridized carbons (Fsp3) is 0.286. The number of halogens is 1. The van der Waals surface area contributed by atoms with Gasteiger partial charge in [-0.2, -0.15) is 5.10 Å². The standard InChI is InChI=1S/C14H15ClN4O3/c1-9-7-10(2)18(17-9)6-5-14(20)16-13-8-11(19(21)22)3-4-12(13)15/h3-4,7-8H,5-6H2,1-2H3,(H,16,20). The molecule has 0 bridgehead atoms. The van der Waals surface area contributed by atoms with Gasteiger partial charge in [0.1, 0.15) is 0 Å². The SMILES string of the molecule is Cc1cc(C)n(CCC(=O)Nc2cc([N+](=O)[O-])ccc2Cl)n1. The summed E-state index contributed by atoms with van der Waals surface area (Å²) in [5, 5.41) is 17.8. The van der Waals surface area contributed by atoms with Gasteiger partial charge < -0.3 is 5.32 Å². The molecular formula is C14H15ClN4O3. The van der Waals surface area contributed by atoms with Crippen LogP contribution in [0.4, 0.5) is 11.4 Å². The van der Waals surface area contributed by atoms with Crippen LogP contribution in [0.2, 0.25) is 5.02 Å². The Morgan fingerprint density at radius 1 is 1.41 bits per heavy atom. The highest BCUT2D eigenvalue weighted by Gasteiger charge is 2.12. The van der Waals surface area contributed by atoms with Gasteiger partial charge in [0.05, 0.1) is 21.3 Å². The number of non-ortho nitro benzene ring substituents is 1. The fourth-order valence-corrected chi connectivity index (χ4v) is 2.21. The number of carbonyl (C=O) groups is 1. The van der Waals surface area contributed by atoms with Gasteiger partial charge in [0.2, 0.25) is 5.91 Å². The van der Waals surface area contributed by atoms with Crippen molar-refractivity contribution in [2.24, 2.45) is 0 Å². The van der Waals surface area contributed by atoms with Crippen LogP contribution in [0, 0.1) is 24.0 Å². The molecule has 1 aromatic carbocycles. The van der Waals surface area contributed by atoms with E-state index >= 15 is 0 Å². The topological polar surface area (TPSA) is 90.1 Å². The van der Waals surface area contributed by atoms with Gasteiger partial charge in [0.15, 0.2) is 0 Å². The second-order valence-corrected chi connectivity index (χ2v) is 5.28. The summed E-state index contributed by atoms with van der Waals surface area (Å²) in [5.41, 5.74) is 1.96. The molecule has 116 valence electrons. The maximum atomic E-state index is 12.0. The zero-order valence-corrected chi connectivity index (χ0v) is 12.9. The molecule has 0 aliphatic rings. The van der Waals surface area contributed by atoms with E-state index in [0.29, 0.717) is 6.54 Å². The van der Waals surface area contributed by atoms with Crippen LogP contribution in [-0.4, -0.2) is 20.6 Å². The minimum absolute atomic E-state index is 0.127. The maximum absolute atomic E-state index is 12.0. The second-order valence-electron chi connectivity index (χ2n) is 4.87. The van der Waals surface area contributed by atoms with Crippen LogP contribution >= 0.6 is 11.6 Å². The molecule has 2 aromatic rings. The molecule has 1 N–H and O–H groups in total. The zero-order valence-electron chi connectivity index (χ0n) is 12.2. The summed E-state index contributed by atoms with van der Waals surface area (Å²) in [4.78, 5) is 22.2. The fourth-order valence-electron chi connectivity index (χ4n) is 2.04. The van der Waals surface area contributed by atoms with Gasteiger partial charge in [-0.15, -0.1) is 0 Å². The van der Waals surface area contributed by atoms with Crippen LogP contribution in [-0.2, 0) is 11.3 Å². The first kappa shape index (κ1) is 16.0. The Labute approximate surface area is 132 Å². The summed E-state index contributed by atoms with van der Waals surface area (Å²) in [6, 6.07) is 5.84. The van der Waals surface area contributed by atoms with E-state index in [1.54, 1.807) is 4.68 Å². The lowest BCUT2D eigenvalue weighted by molar-refractivity contribution is -0.384. The van der Waals surface area contributed by atoms with E-state index < -0.39 is 4.92 Å². The molecule has 0 unspecified atom stereocenters. The summed E-state index contributed by atoms with van der Waals surface area (Å²) in [6.45, 7) is 4.22. The number of rotatable bonds is 5. The Morgan fingerprint density at radius 3 is 2.73 bits per heavy atom. The van der Waals surface area contributed by atoms with E-state index in [2.05, 4.69) is 10.4 Å². The van der Waals surface area contributed by atoms with Crippen molar-refractivity contribution in [2.75, 3.05) is 5.32 Å². The Kier molecular flexibility index (Phi) is 4.77. The van der Waals surface area contributed by atoms with Gasteiger partial charge in [0, 0.05) is 30.8 Å². The van der Waals surface area contributed by atoms with Crippen molar-refractivity contribution in [3.05, 3.63) is 50.8 Å². The molecule has 0 saturated heterocycles. The Morgan fingerprint density at radius 2 is 2.14 bits per heavy atom. The molecule has 0 aliphatic heterocycles. The molecule has 7 nitrogen and oxygen atoms in total. The van der Waals surface area contributed by atoms with E-state index in [1.807, 2.05) is 19.9 Å².